The maximum Gasteiger partial charge on any atom is 0.361 e. The van der Waals surface area contributed by atoms with Gasteiger partial charge in [0.1, 0.15) is 13.2 Å². The van der Waals surface area contributed by atoms with E-state index in [1.807, 2.05) is 21.1 Å². The molecule has 0 aromatic heterocycles. The molecule has 0 saturated heterocycles. The van der Waals surface area contributed by atoms with Gasteiger partial charge in [0.2, 0.25) is 0 Å². The van der Waals surface area contributed by atoms with Crippen molar-refractivity contribution in [1.29, 1.82) is 0 Å². The second-order valence-corrected chi connectivity index (χ2v) is 21.3. The Morgan fingerprint density at radius 2 is 0.792 bits per heavy atom. The van der Waals surface area contributed by atoms with E-state index >= 15 is 0 Å². The molecule has 0 heterocycles. The van der Waals surface area contributed by atoms with Crippen molar-refractivity contribution in [3.05, 3.63) is 60.8 Å². The molecule has 0 radical (unpaired) electrons. The fraction of sp³-hybridized carbons (Fsp3) is 0.794. The van der Waals surface area contributed by atoms with Gasteiger partial charge in [0, 0.05) is 12.8 Å². The number of likely N-dealkylation sites (N-methyl/N-ethyl adjacent to an activating group) is 1. The van der Waals surface area contributed by atoms with Gasteiger partial charge >= 0.3 is 17.9 Å². The average Bonchev–Trinajstić information content (AvgIpc) is 3.35. The van der Waals surface area contributed by atoms with Crippen LogP contribution in [0.3, 0.4) is 0 Å². The van der Waals surface area contributed by atoms with Gasteiger partial charge in [0.05, 0.1) is 34.4 Å². The van der Waals surface area contributed by atoms with Crippen molar-refractivity contribution in [3.8, 4) is 0 Å². The van der Waals surface area contributed by atoms with Crippen molar-refractivity contribution in [3.63, 3.8) is 0 Å². The molecule has 0 spiro atoms. The molecule has 0 rings (SSSR count). The molecule has 0 fully saturated rings. The van der Waals surface area contributed by atoms with E-state index in [0.717, 1.165) is 70.6 Å². The molecule has 2 atom stereocenters. The zero-order chi connectivity index (χ0) is 52.7. The highest BCUT2D eigenvalue weighted by Crippen LogP contribution is 2.17. The van der Waals surface area contributed by atoms with Crippen molar-refractivity contribution in [2.45, 2.75) is 277 Å². The lowest BCUT2D eigenvalue weighted by molar-refractivity contribution is -0.870. The first kappa shape index (κ1) is 69.0. The molecule has 0 aromatic rings. The normalized spacial score (nSPS) is 13.2. The fourth-order valence-corrected chi connectivity index (χ4v) is 8.45. The van der Waals surface area contributed by atoms with E-state index in [2.05, 4.69) is 74.6 Å². The van der Waals surface area contributed by atoms with Gasteiger partial charge in [-0.2, -0.15) is 0 Å². The molecule has 0 aliphatic heterocycles. The van der Waals surface area contributed by atoms with Gasteiger partial charge in [-0.1, -0.05) is 254 Å². The number of carboxylic acid groups (broad SMARTS) is 1. The lowest BCUT2D eigenvalue weighted by Crippen LogP contribution is -2.40. The van der Waals surface area contributed by atoms with E-state index < -0.39 is 24.3 Å². The highest BCUT2D eigenvalue weighted by molar-refractivity contribution is 5.71. The second kappa shape index (κ2) is 54.3. The smallest absolute Gasteiger partial charge is 0.361 e. The quantitative estimate of drug-likeness (QED) is 0.0211. The number of carbonyl (C=O) groups is 3. The van der Waals surface area contributed by atoms with Gasteiger partial charge in [-0.3, -0.25) is 9.59 Å². The Hall–Kier alpha value is -3.01. The molecular formula is C63H114NO8+. The molecule has 0 aliphatic carbocycles. The number of esters is 2. The first-order valence-corrected chi connectivity index (χ1v) is 30.0. The summed E-state index contributed by atoms with van der Waals surface area (Å²) in [6.07, 6.45) is 66.2. The van der Waals surface area contributed by atoms with Gasteiger partial charge in [-0.05, 0) is 57.8 Å². The summed E-state index contributed by atoms with van der Waals surface area (Å²) in [5, 5.41) is 9.67. The number of carbonyl (C=O) groups excluding carboxylic acids is 2. The number of ether oxygens (including phenoxy) is 4. The van der Waals surface area contributed by atoms with Crippen molar-refractivity contribution in [1.82, 2.24) is 0 Å². The predicted octanol–water partition coefficient (Wildman–Crippen LogP) is 17.6. The zero-order valence-corrected chi connectivity index (χ0v) is 47.6. The summed E-state index contributed by atoms with van der Waals surface area (Å²) in [7, 11) is 5.97. The second-order valence-electron chi connectivity index (χ2n) is 21.3. The highest BCUT2D eigenvalue weighted by Gasteiger charge is 2.25. The average molecular weight is 1010 g/mol. The monoisotopic (exact) mass is 1010 g/mol. The fourth-order valence-electron chi connectivity index (χ4n) is 8.45. The van der Waals surface area contributed by atoms with Crippen LogP contribution >= 0.6 is 0 Å². The third-order valence-electron chi connectivity index (χ3n) is 13.0. The number of hydrogen-bond acceptors (Lipinski definition) is 7. The Morgan fingerprint density at radius 3 is 1.18 bits per heavy atom. The molecule has 72 heavy (non-hydrogen) atoms. The number of allylic oxidation sites excluding steroid dienone is 10. The highest BCUT2D eigenvalue weighted by atomic mass is 16.7. The summed E-state index contributed by atoms with van der Waals surface area (Å²) in [6, 6.07) is 0. The number of quaternary nitrogens is 1. The minimum absolute atomic E-state index is 0.178. The predicted molar refractivity (Wildman–Crippen MR) is 304 cm³/mol. The van der Waals surface area contributed by atoms with Crippen molar-refractivity contribution < 1.29 is 42.9 Å². The van der Waals surface area contributed by atoms with Crippen LogP contribution in [0.2, 0.25) is 0 Å². The van der Waals surface area contributed by atoms with Crippen molar-refractivity contribution in [2.75, 3.05) is 47.5 Å². The van der Waals surface area contributed by atoms with E-state index in [1.54, 1.807) is 0 Å². The first-order chi connectivity index (χ1) is 35.1. The minimum Gasteiger partial charge on any atom is -0.477 e. The summed E-state index contributed by atoms with van der Waals surface area (Å²) in [4.78, 5) is 37.2. The molecule has 0 aliphatic rings. The van der Waals surface area contributed by atoms with Gasteiger partial charge in [0.25, 0.3) is 6.29 Å². The Kier molecular flexibility index (Phi) is 52.0. The molecule has 0 saturated carbocycles. The molecule has 1 N–H and O–H groups in total. The standard InChI is InChI=1S/C63H113NO8/c1-6-8-10-12-14-16-18-19-20-21-22-23-24-25-26-27-28-29-30-31-32-33-34-35-36-37-38-39-40-41-42-43-44-46-48-50-52-54-61(66)72-59(58-71-63(62(67)68)69-56-55-64(3,4)5)57-70-60(65)53-51-49-47-45-17-15-13-11-9-7-2/h8,10,14,16,19-20,22-23,25-26,59,63H,6-7,9,11-13,15,17-18,21,24,27-58H2,1-5H3/p+1/b10-8-,16-14-,20-19-,23-22-,26-25-. The number of carboxylic acids is 1. The van der Waals surface area contributed by atoms with Crippen LogP contribution in [0.25, 0.3) is 0 Å². The van der Waals surface area contributed by atoms with Crippen LogP contribution < -0.4 is 0 Å². The van der Waals surface area contributed by atoms with Gasteiger partial charge in [-0.25, -0.2) is 4.79 Å². The molecule has 9 nitrogen and oxygen atoms in total. The summed E-state index contributed by atoms with van der Waals surface area (Å²) in [6.45, 7) is 4.77. The number of rotatable bonds is 55. The van der Waals surface area contributed by atoms with Gasteiger partial charge in [-0.15, -0.1) is 0 Å². The van der Waals surface area contributed by atoms with E-state index in [0.29, 0.717) is 17.4 Å². The molecule has 2 unspecified atom stereocenters. The number of hydrogen-bond donors (Lipinski definition) is 1. The number of unbranched alkanes of at least 4 members (excludes halogenated alkanes) is 30. The van der Waals surface area contributed by atoms with Crippen molar-refractivity contribution >= 4 is 17.9 Å². The van der Waals surface area contributed by atoms with Crippen LogP contribution in [0.15, 0.2) is 60.8 Å². The van der Waals surface area contributed by atoms with Crippen LogP contribution in [0.4, 0.5) is 0 Å². The van der Waals surface area contributed by atoms with Crippen LogP contribution in [0, 0.1) is 0 Å². The molecule has 9 heteroatoms. The number of nitrogens with zero attached hydrogens (tertiary/aromatic N) is 1. The molecule has 0 aromatic carbocycles. The topological polar surface area (TPSA) is 108 Å². The lowest BCUT2D eigenvalue weighted by Gasteiger charge is -2.25. The molecule has 0 amide bonds. The van der Waals surface area contributed by atoms with Crippen LogP contribution in [-0.2, 0) is 33.3 Å². The summed E-state index contributed by atoms with van der Waals surface area (Å²) in [5.74, 6) is -1.99. The zero-order valence-electron chi connectivity index (χ0n) is 47.6. The SMILES string of the molecule is CC/C=C\C/C=C\C/C=C\C/C=C\C/C=C\CCCCCCCCCCCCCCCCCCCCCCCC(=O)OC(COC(=O)CCCCCCCCCCCC)COC(OCC[N+](C)(C)C)C(=O)O. The summed E-state index contributed by atoms with van der Waals surface area (Å²) in [5.41, 5.74) is 0. The van der Waals surface area contributed by atoms with Crippen LogP contribution in [0.5, 0.6) is 0 Å². The lowest BCUT2D eigenvalue weighted by atomic mass is 10.0. The first-order valence-electron chi connectivity index (χ1n) is 30.0. The van der Waals surface area contributed by atoms with Crippen LogP contribution in [0.1, 0.15) is 264 Å². The van der Waals surface area contributed by atoms with Gasteiger partial charge in [0.15, 0.2) is 6.10 Å². The Morgan fingerprint density at radius 1 is 0.431 bits per heavy atom. The van der Waals surface area contributed by atoms with E-state index in [9.17, 15) is 19.5 Å². The minimum atomic E-state index is -1.51. The Balaban J connectivity index is 3.95. The largest absolute Gasteiger partial charge is 0.477 e. The third kappa shape index (κ3) is 54.8. The molecular weight excluding hydrogens is 899 g/mol. The van der Waals surface area contributed by atoms with Crippen molar-refractivity contribution in [2.24, 2.45) is 0 Å². The Bertz CT molecular complexity index is 1360. The molecule has 0 bridgehead atoms. The summed E-state index contributed by atoms with van der Waals surface area (Å²) >= 11 is 0. The van der Waals surface area contributed by atoms with Gasteiger partial charge < -0.3 is 28.5 Å². The number of aliphatic carboxylic acids is 1. The van der Waals surface area contributed by atoms with E-state index in [4.69, 9.17) is 18.9 Å². The van der Waals surface area contributed by atoms with Crippen LogP contribution in [-0.4, -0.2) is 87.4 Å². The summed E-state index contributed by atoms with van der Waals surface area (Å²) < 4.78 is 22.8. The van der Waals surface area contributed by atoms with E-state index in [1.165, 1.54) is 167 Å². The third-order valence-corrected chi connectivity index (χ3v) is 13.0. The maximum atomic E-state index is 12.8. The Labute approximate surface area is 444 Å². The molecule has 418 valence electrons. The van der Waals surface area contributed by atoms with E-state index in [-0.39, 0.29) is 32.2 Å². The maximum absolute atomic E-state index is 12.8.